The van der Waals surface area contributed by atoms with Crippen LogP contribution in [0.4, 0.5) is 17.1 Å². The minimum absolute atomic E-state index is 0.0322. The van der Waals surface area contributed by atoms with Gasteiger partial charge in [-0.2, -0.15) is 0 Å². The molecule has 0 radical (unpaired) electrons. The fourth-order valence-electron chi connectivity index (χ4n) is 2.71. The number of rotatable bonds is 4. The number of nitrogens with zero attached hydrogens (tertiary/aromatic N) is 1. The molecule has 2 aromatic rings. The molecule has 3 rings (SSSR count). The second kappa shape index (κ2) is 6.87. The zero-order chi connectivity index (χ0) is 16.2. The van der Waals surface area contributed by atoms with Gasteiger partial charge in [-0.15, -0.1) is 0 Å². The summed E-state index contributed by atoms with van der Waals surface area (Å²) < 4.78 is 0. The lowest BCUT2D eigenvalue weighted by molar-refractivity contribution is -0.117. The lowest BCUT2D eigenvalue weighted by Gasteiger charge is -2.21. The van der Waals surface area contributed by atoms with Gasteiger partial charge in [-0.05, 0) is 24.3 Å². The maximum absolute atomic E-state index is 12.3. The van der Waals surface area contributed by atoms with E-state index in [2.05, 4.69) is 5.32 Å². The highest BCUT2D eigenvalue weighted by molar-refractivity contribution is 8.14. The molecule has 118 valence electrons. The first-order valence-corrected chi connectivity index (χ1v) is 8.40. The normalized spacial score (nSPS) is 17.3. The van der Waals surface area contributed by atoms with Gasteiger partial charge >= 0.3 is 0 Å². The number of benzene rings is 2. The third-order valence-electron chi connectivity index (χ3n) is 3.67. The van der Waals surface area contributed by atoms with Crippen LogP contribution >= 0.6 is 11.8 Å². The van der Waals surface area contributed by atoms with Crippen LogP contribution < -0.4 is 10.2 Å². The topological polar surface area (TPSA) is 49.4 Å². The van der Waals surface area contributed by atoms with Crippen LogP contribution in [0.15, 0.2) is 54.6 Å². The van der Waals surface area contributed by atoms with E-state index in [1.807, 2.05) is 54.6 Å². The van der Waals surface area contributed by atoms with Gasteiger partial charge in [-0.1, -0.05) is 42.1 Å². The summed E-state index contributed by atoms with van der Waals surface area (Å²) in [6.45, 7) is 2.11. The second-order valence-electron chi connectivity index (χ2n) is 5.45. The summed E-state index contributed by atoms with van der Waals surface area (Å²) >= 11 is 1.25. The van der Waals surface area contributed by atoms with Crippen molar-refractivity contribution >= 4 is 39.8 Å². The van der Waals surface area contributed by atoms with E-state index in [9.17, 15) is 9.59 Å². The highest BCUT2D eigenvalue weighted by Crippen LogP contribution is 2.34. The van der Waals surface area contributed by atoms with Gasteiger partial charge in [0.15, 0.2) is 5.12 Å². The van der Waals surface area contributed by atoms with E-state index in [4.69, 9.17) is 0 Å². The number of anilines is 3. The first-order valence-electron chi connectivity index (χ1n) is 7.52. The van der Waals surface area contributed by atoms with Crippen molar-refractivity contribution in [3.8, 4) is 0 Å². The van der Waals surface area contributed by atoms with Gasteiger partial charge in [-0.3, -0.25) is 9.59 Å². The van der Waals surface area contributed by atoms with E-state index >= 15 is 0 Å². The van der Waals surface area contributed by atoms with Crippen molar-refractivity contribution in [3.05, 3.63) is 54.6 Å². The van der Waals surface area contributed by atoms with Crippen molar-refractivity contribution < 1.29 is 9.59 Å². The molecule has 1 saturated heterocycles. The zero-order valence-electron chi connectivity index (χ0n) is 12.9. The molecule has 2 aromatic carbocycles. The third kappa shape index (κ3) is 3.74. The van der Waals surface area contributed by atoms with E-state index in [-0.39, 0.29) is 16.3 Å². The van der Waals surface area contributed by atoms with Crippen molar-refractivity contribution in [2.24, 2.45) is 0 Å². The Morgan fingerprint density at radius 1 is 1.13 bits per heavy atom. The van der Waals surface area contributed by atoms with Gasteiger partial charge in [0.25, 0.3) is 0 Å². The van der Waals surface area contributed by atoms with E-state index in [0.29, 0.717) is 13.0 Å². The Labute approximate surface area is 139 Å². The molecular weight excluding hydrogens is 308 g/mol. The van der Waals surface area contributed by atoms with E-state index < -0.39 is 0 Å². The monoisotopic (exact) mass is 326 g/mol. The van der Waals surface area contributed by atoms with Crippen molar-refractivity contribution in [1.82, 2.24) is 0 Å². The quantitative estimate of drug-likeness (QED) is 0.928. The fourth-order valence-corrected chi connectivity index (χ4v) is 3.63. The summed E-state index contributed by atoms with van der Waals surface area (Å²) in [5.74, 6) is 0.0612. The number of hydrogen-bond acceptors (Lipinski definition) is 4. The van der Waals surface area contributed by atoms with Crippen LogP contribution in [0.5, 0.6) is 0 Å². The Morgan fingerprint density at radius 2 is 1.83 bits per heavy atom. The molecule has 5 heteroatoms. The van der Waals surface area contributed by atoms with Crippen LogP contribution in [0, 0.1) is 0 Å². The predicted octanol–water partition coefficient (Wildman–Crippen LogP) is 3.82. The Bertz CT molecular complexity index is 718. The minimum Gasteiger partial charge on any atom is -0.354 e. The largest absolute Gasteiger partial charge is 0.354 e. The molecule has 1 unspecified atom stereocenters. The molecule has 1 fully saturated rings. The summed E-state index contributed by atoms with van der Waals surface area (Å²) in [6, 6.07) is 17.6. The van der Waals surface area contributed by atoms with Crippen molar-refractivity contribution in [1.29, 1.82) is 0 Å². The smallest absolute Gasteiger partial charge is 0.228 e. The molecule has 0 saturated carbocycles. The Kier molecular flexibility index (Phi) is 4.67. The van der Waals surface area contributed by atoms with Crippen LogP contribution in [-0.4, -0.2) is 22.8 Å². The average molecular weight is 326 g/mol. The molecule has 1 heterocycles. The van der Waals surface area contributed by atoms with Crippen LogP contribution in [0.25, 0.3) is 0 Å². The highest BCUT2D eigenvalue weighted by Gasteiger charge is 2.32. The highest BCUT2D eigenvalue weighted by atomic mass is 32.2. The lowest BCUT2D eigenvalue weighted by Crippen LogP contribution is -2.25. The molecule has 4 nitrogen and oxygen atoms in total. The SMILES string of the molecule is CC(=O)SC1CC(=O)N(c2ccccc2Nc2ccccc2)C1. The van der Waals surface area contributed by atoms with E-state index in [1.165, 1.54) is 11.8 Å². The number of para-hydroxylation sites is 3. The maximum atomic E-state index is 12.3. The van der Waals surface area contributed by atoms with Gasteiger partial charge in [0.05, 0.1) is 11.4 Å². The molecule has 23 heavy (non-hydrogen) atoms. The Hall–Kier alpha value is -2.27. The van der Waals surface area contributed by atoms with E-state index in [1.54, 1.807) is 11.8 Å². The number of carbonyl (C=O) groups is 2. The predicted molar refractivity (Wildman–Crippen MR) is 95.2 cm³/mol. The molecule has 1 atom stereocenters. The molecule has 1 aliphatic rings. The number of hydrogen-bond donors (Lipinski definition) is 1. The first-order chi connectivity index (χ1) is 11.1. The van der Waals surface area contributed by atoms with Gasteiger partial charge < -0.3 is 10.2 Å². The molecule has 1 amide bonds. The second-order valence-corrected chi connectivity index (χ2v) is 6.93. The van der Waals surface area contributed by atoms with Crippen LogP contribution in [-0.2, 0) is 9.59 Å². The maximum Gasteiger partial charge on any atom is 0.228 e. The van der Waals surface area contributed by atoms with Crippen molar-refractivity contribution in [3.63, 3.8) is 0 Å². The molecule has 0 bridgehead atoms. The van der Waals surface area contributed by atoms with Crippen LogP contribution in [0.1, 0.15) is 13.3 Å². The Morgan fingerprint density at radius 3 is 2.57 bits per heavy atom. The fraction of sp³-hybridized carbons (Fsp3) is 0.222. The van der Waals surface area contributed by atoms with Gasteiger partial charge in [-0.25, -0.2) is 0 Å². The first kappa shape index (κ1) is 15.6. The van der Waals surface area contributed by atoms with Gasteiger partial charge in [0, 0.05) is 30.8 Å². The third-order valence-corrected chi connectivity index (χ3v) is 4.65. The standard InChI is InChI=1S/C18H18N2O2S/c1-13(21)23-15-11-18(22)20(12-15)17-10-6-5-9-16(17)19-14-7-3-2-4-8-14/h2-10,15,19H,11-12H2,1H3. The summed E-state index contributed by atoms with van der Waals surface area (Å²) in [5, 5.41) is 3.45. The van der Waals surface area contributed by atoms with Crippen LogP contribution in [0.2, 0.25) is 0 Å². The number of amides is 1. The molecule has 1 N–H and O–H groups in total. The summed E-state index contributed by atoms with van der Waals surface area (Å²) in [4.78, 5) is 25.4. The lowest BCUT2D eigenvalue weighted by atomic mass is 10.2. The molecule has 0 aliphatic carbocycles. The number of nitrogens with one attached hydrogen (secondary N) is 1. The summed E-state index contributed by atoms with van der Waals surface area (Å²) in [6.07, 6.45) is 0.407. The van der Waals surface area contributed by atoms with E-state index in [0.717, 1.165) is 17.1 Å². The average Bonchev–Trinajstić information content (AvgIpc) is 2.88. The van der Waals surface area contributed by atoms with Gasteiger partial charge in [0.1, 0.15) is 0 Å². The van der Waals surface area contributed by atoms with Gasteiger partial charge in [0.2, 0.25) is 5.91 Å². The van der Waals surface area contributed by atoms with Crippen molar-refractivity contribution in [2.45, 2.75) is 18.6 Å². The summed E-state index contributed by atoms with van der Waals surface area (Å²) in [5.41, 5.74) is 2.72. The summed E-state index contributed by atoms with van der Waals surface area (Å²) in [7, 11) is 0. The molecule has 1 aliphatic heterocycles. The number of carbonyl (C=O) groups excluding carboxylic acids is 2. The molecule has 0 spiro atoms. The Balaban J connectivity index is 1.83. The number of thioether (sulfide) groups is 1. The minimum atomic E-state index is 0.0322. The van der Waals surface area contributed by atoms with Crippen molar-refractivity contribution in [2.75, 3.05) is 16.8 Å². The van der Waals surface area contributed by atoms with Crippen LogP contribution in [0.3, 0.4) is 0 Å². The molecular formula is C18H18N2O2S. The molecule has 0 aromatic heterocycles. The zero-order valence-corrected chi connectivity index (χ0v) is 13.7.